The van der Waals surface area contributed by atoms with Gasteiger partial charge >= 0.3 is 0 Å². The Morgan fingerprint density at radius 1 is 1.07 bits per heavy atom. The van der Waals surface area contributed by atoms with Crippen LogP contribution in [0.2, 0.25) is 0 Å². The number of ether oxygens (including phenoxy) is 1. The number of rotatable bonds is 4. The smallest absolute Gasteiger partial charge is 0.170 e. The van der Waals surface area contributed by atoms with E-state index in [-0.39, 0.29) is 11.0 Å². The highest BCUT2D eigenvalue weighted by molar-refractivity contribution is 6.00. The zero-order valence-electron chi connectivity index (χ0n) is 18.7. The highest BCUT2D eigenvalue weighted by Crippen LogP contribution is 2.58. The van der Waals surface area contributed by atoms with Gasteiger partial charge in [0.2, 0.25) is 0 Å². The number of hydrogen-bond acceptors (Lipinski definition) is 5. The average Bonchev–Trinajstić information content (AvgIpc) is 3.43. The van der Waals surface area contributed by atoms with E-state index in [4.69, 9.17) is 19.3 Å². The van der Waals surface area contributed by atoms with Crippen molar-refractivity contribution in [2.45, 2.75) is 70.8 Å². The molecule has 160 valence electrons. The molecule has 1 aromatic carbocycles. The van der Waals surface area contributed by atoms with E-state index >= 15 is 0 Å². The van der Waals surface area contributed by atoms with Crippen molar-refractivity contribution < 1.29 is 14.1 Å². The van der Waals surface area contributed by atoms with Gasteiger partial charge in [0, 0.05) is 17.0 Å². The molecule has 0 N–H and O–H groups in total. The molecule has 0 radical (unpaired) electrons. The van der Waals surface area contributed by atoms with Gasteiger partial charge < -0.3 is 14.1 Å². The Labute approximate surface area is 178 Å². The van der Waals surface area contributed by atoms with E-state index in [0.29, 0.717) is 17.8 Å². The molecule has 0 saturated heterocycles. The molecule has 3 aliphatic rings. The van der Waals surface area contributed by atoms with Gasteiger partial charge in [-0.2, -0.15) is 0 Å². The largest absolute Gasteiger partial charge is 0.497 e. The molecule has 2 aromatic rings. The summed E-state index contributed by atoms with van der Waals surface area (Å²) < 4.78 is 11.3. The zero-order valence-corrected chi connectivity index (χ0v) is 18.7. The third kappa shape index (κ3) is 2.47. The van der Waals surface area contributed by atoms with Crippen molar-refractivity contribution in [2.75, 3.05) is 7.11 Å². The van der Waals surface area contributed by atoms with Crippen LogP contribution < -0.4 is 4.74 Å². The fourth-order valence-corrected chi connectivity index (χ4v) is 6.52. The van der Waals surface area contributed by atoms with Crippen LogP contribution in [0.15, 0.2) is 33.9 Å². The van der Waals surface area contributed by atoms with Crippen LogP contribution >= 0.6 is 0 Å². The highest BCUT2D eigenvalue weighted by Gasteiger charge is 2.63. The molecule has 30 heavy (non-hydrogen) atoms. The summed E-state index contributed by atoms with van der Waals surface area (Å²) in [4.78, 5) is 6.31. The maximum Gasteiger partial charge on any atom is 0.170 e. The summed E-state index contributed by atoms with van der Waals surface area (Å²) in [5, 5.41) is 9.46. The van der Waals surface area contributed by atoms with Crippen molar-refractivity contribution in [2.24, 2.45) is 22.9 Å². The van der Waals surface area contributed by atoms with Crippen molar-refractivity contribution in [3.8, 4) is 17.1 Å². The maximum absolute atomic E-state index is 6.31. The third-order valence-electron chi connectivity index (χ3n) is 7.96. The molecule has 2 heterocycles. The zero-order chi connectivity index (χ0) is 21.1. The van der Waals surface area contributed by atoms with E-state index in [9.17, 15) is 0 Å². The second kappa shape index (κ2) is 6.86. The monoisotopic (exact) mass is 408 g/mol. The summed E-state index contributed by atoms with van der Waals surface area (Å²) in [5.74, 6) is 2.93. The lowest BCUT2D eigenvalue weighted by atomic mass is 9.66. The Bertz CT molecular complexity index is 965. The van der Waals surface area contributed by atoms with Gasteiger partial charge in [-0.05, 0) is 68.2 Å². The lowest BCUT2D eigenvalue weighted by Crippen LogP contribution is -2.48. The van der Waals surface area contributed by atoms with E-state index in [1.165, 1.54) is 11.3 Å². The molecule has 0 bridgehead atoms. The van der Waals surface area contributed by atoms with Crippen LogP contribution in [0.4, 0.5) is 0 Å². The van der Waals surface area contributed by atoms with Crippen LogP contribution in [0.5, 0.6) is 5.75 Å². The number of hydrogen-bond donors (Lipinski definition) is 0. The number of oxime groups is 1. The molecule has 5 rings (SSSR count). The van der Waals surface area contributed by atoms with E-state index in [1.807, 2.05) is 12.1 Å². The molecule has 5 heteroatoms. The molecular weight excluding hydrogens is 376 g/mol. The van der Waals surface area contributed by atoms with Gasteiger partial charge in [-0.3, -0.25) is 0 Å². The van der Waals surface area contributed by atoms with E-state index < -0.39 is 0 Å². The van der Waals surface area contributed by atoms with Crippen LogP contribution in [0.1, 0.15) is 64.6 Å². The predicted molar refractivity (Wildman–Crippen MR) is 117 cm³/mol. The number of fused-ring (bicyclic) bond motifs is 4. The first-order valence-corrected chi connectivity index (χ1v) is 11.3. The SMILES string of the molecule is COc1ccc(-c2onc3c2CCC[C@]32CC[C@H]3C2=NOC3(C(C)C)C(C)C)cc1. The summed E-state index contributed by atoms with van der Waals surface area (Å²) >= 11 is 0. The Balaban J connectivity index is 1.55. The molecule has 5 nitrogen and oxygen atoms in total. The van der Waals surface area contributed by atoms with Crippen molar-refractivity contribution >= 4 is 5.71 Å². The Kier molecular flexibility index (Phi) is 4.49. The Morgan fingerprint density at radius 2 is 1.80 bits per heavy atom. The molecule has 1 aliphatic heterocycles. The van der Waals surface area contributed by atoms with Crippen LogP contribution in [0.25, 0.3) is 11.3 Å². The van der Waals surface area contributed by atoms with Gasteiger partial charge in [0.1, 0.15) is 11.4 Å². The topological polar surface area (TPSA) is 56.9 Å². The minimum Gasteiger partial charge on any atom is -0.497 e. The molecule has 0 amide bonds. The van der Waals surface area contributed by atoms with E-state index in [0.717, 1.165) is 54.9 Å². The lowest BCUT2D eigenvalue weighted by molar-refractivity contribution is -0.113. The van der Waals surface area contributed by atoms with Gasteiger partial charge in [-0.1, -0.05) is 38.0 Å². The van der Waals surface area contributed by atoms with Crippen LogP contribution in [-0.4, -0.2) is 23.6 Å². The second-order valence-corrected chi connectivity index (χ2v) is 9.83. The van der Waals surface area contributed by atoms with Gasteiger partial charge in [0.15, 0.2) is 5.76 Å². The molecule has 1 aromatic heterocycles. The molecule has 2 atom stereocenters. The van der Waals surface area contributed by atoms with Crippen LogP contribution in [0.3, 0.4) is 0 Å². The highest BCUT2D eigenvalue weighted by atomic mass is 16.7. The predicted octanol–water partition coefficient (Wildman–Crippen LogP) is 5.77. The molecular formula is C25H32N2O3. The number of nitrogens with zero attached hydrogens (tertiary/aromatic N) is 2. The summed E-state index contributed by atoms with van der Waals surface area (Å²) in [6.45, 7) is 9.09. The van der Waals surface area contributed by atoms with Gasteiger partial charge in [0.25, 0.3) is 0 Å². The van der Waals surface area contributed by atoms with Crippen LogP contribution in [0, 0.1) is 17.8 Å². The normalized spacial score (nSPS) is 26.6. The first-order valence-electron chi connectivity index (χ1n) is 11.3. The summed E-state index contributed by atoms with van der Waals surface area (Å²) in [6.07, 6.45) is 5.40. The van der Waals surface area contributed by atoms with E-state index in [2.05, 4.69) is 45.0 Å². The number of methoxy groups -OCH3 is 1. The molecule has 2 aliphatic carbocycles. The number of benzene rings is 1. The fourth-order valence-electron chi connectivity index (χ4n) is 6.52. The summed E-state index contributed by atoms with van der Waals surface area (Å²) in [7, 11) is 1.68. The maximum atomic E-state index is 6.31. The standard InChI is InChI=1S/C25H32N2O3/c1-15(2)25(16(3)4)20-12-14-24(23(20)27-30-25)13-6-7-19-21(29-26-22(19)24)17-8-10-18(28-5)11-9-17/h8-11,15-16,20H,6-7,12-14H2,1-5H3/t20-,24-/m0/s1. The van der Waals surface area contributed by atoms with Crippen molar-refractivity contribution in [3.63, 3.8) is 0 Å². The van der Waals surface area contributed by atoms with E-state index in [1.54, 1.807) is 7.11 Å². The Morgan fingerprint density at radius 3 is 2.47 bits per heavy atom. The van der Waals surface area contributed by atoms with Crippen molar-refractivity contribution in [1.82, 2.24) is 5.16 Å². The minimum atomic E-state index is -0.209. The summed E-state index contributed by atoms with van der Waals surface area (Å²) in [5.41, 5.74) is 4.30. The van der Waals surface area contributed by atoms with Gasteiger partial charge in [0.05, 0.1) is 23.9 Å². The second-order valence-electron chi connectivity index (χ2n) is 9.83. The average molecular weight is 409 g/mol. The fraction of sp³-hybridized carbons (Fsp3) is 0.600. The molecule has 1 fully saturated rings. The molecule has 1 saturated carbocycles. The van der Waals surface area contributed by atoms with Crippen molar-refractivity contribution in [3.05, 3.63) is 35.5 Å². The lowest BCUT2D eigenvalue weighted by Gasteiger charge is -2.39. The van der Waals surface area contributed by atoms with Crippen LogP contribution in [-0.2, 0) is 16.7 Å². The van der Waals surface area contributed by atoms with Crippen molar-refractivity contribution in [1.29, 1.82) is 0 Å². The molecule has 1 spiro atoms. The number of aromatic nitrogens is 1. The minimum absolute atomic E-state index is 0.127. The molecule has 0 unspecified atom stereocenters. The third-order valence-corrected chi connectivity index (χ3v) is 7.96. The van der Waals surface area contributed by atoms with Gasteiger partial charge in [-0.25, -0.2) is 0 Å². The Hall–Kier alpha value is -2.30. The first kappa shape index (κ1) is 19.7. The van der Waals surface area contributed by atoms with Gasteiger partial charge in [-0.15, -0.1) is 0 Å². The summed E-state index contributed by atoms with van der Waals surface area (Å²) in [6, 6.07) is 8.06. The quantitative estimate of drug-likeness (QED) is 0.644. The first-order chi connectivity index (χ1) is 14.4.